The van der Waals surface area contributed by atoms with Gasteiger partial charge in [-0.3, -0.25) is 0 Å². The lowest BCUT2D eigenvalue weighted by molar-refractivity contribution is 0.0672. The van der Waals surface area contributed by atoms with Crippen molar-refractivity contribution in [2.75, 3.05) is 43.4 Å². The van der Waals surface area contributed by atoms with E-state index in [1.165, 1.54) is 0 Å². The molecule has 33 heavy (non-hydrogen) atoms. The van der Waals surface area contributed by atoms with Crippen LogP contribution in [0.5, 0.6) is 5.75 Å². The standard InChI is InChI=1S/C23H34N8O2/c1-3-5-11-31(12-6-4-2)13-16(32)14-33-17-9-7-15(8-10-17)18-20(24)28-22-19(27-18)21(25)29-23(26)30-22/h7-10,16,32H,3-6,11-14H2,1-2H3,(H6,24,25,26,28,29,30). The van der Waals surface area contributed by atoms with Gasteiger partial charge in [0.25, 0.3) is 0 Å². The maximum absolute atomic E-state index is 10.5. The number of aliphatic hydroxyl groups excluding tert-OH is 1. The molecule has 0 radical (unpaired) electrons. The number of nitrogens with two attached hydrogens (primary N) is 3. The van der Waals surface area contributed by atoms with E-state index in [2.05, 4.69) is 38.7 Å². The van der Waals surface area contributed by atoms with Gasteiger partial charge in [0, 0.05) is 12.1 Å². The maximum Gasteiger partial charge on any atom is 0.224 e. The number of aliphatic hydroxyl groups is 1. The molecule has 10 heteroatoms. The van der Waals surface area contributed by atoms with Crippen LogP contribution in [0.3, 0.4) is 0 Å². The summed E-state index contributed by atoms with van der Waals surface area (Å²) in [5.74, 6) is 1.02. The number of nitrogen functional groups attached to an aromatic ring is 3. The maximum atomic E-state index is 10.5. The summed E-state index contributed by atoms with van der Waals surface area (Å²) in [4.78, 5) is 19.0. The van der Waals surface area contributed by atoms with Crippen LogP contribution in [0.25, 0.3) is 22.4 Å². The van der Waals surface area contributed by atoms with Gasteiger partial charge in [-0.15, -0.1) is 0 Å². The lowest BCUT2D eigenvalue weighted by Crippen LogP contribution is -2.36. The number of anilines is 3. The van der Waals surface area contributed by atoms with Gasteiger partial charge in [0.15, 0.2) is 22.8 Å². The summed E-state index contributed by atoms with van der Waals surface area (Å²) < 4.78 is 5.80. The monoisotopic (exact) mass is 454 g/mol. The SMILES string of the molecule is CCCCN(CCCC)CC(O)COc1ccc(-c2nc3c(N)nc(N)nc3nc2N)cc1. The third-order valence-electron chi connectivity index (χ3n) is 5.30. The Balaban J connectivity index is 1.64. The Hall–Kier alpha value is -3.24. The van der Waals surface area contributed by atoms with Gasteiger partial charge in [-0.1, -0.05) is 26.7 Å². The molecule has 3 rings (SSSR count). The molecule has 0 saturated carbocycles. The van der Waals surface area contributed by atoms with Gasteiger partial charge >= 0.3 is 0 Å². The van der Waals surface area contributed by atoms with Gasteiger partial charge in [-0.05, 0) is 50.2 Å². The Bertz CT molecular complexity index is 1040. The first kappa shape index (κ1) is 24.4. The van der Waals surface area contributed by atoms with Crippen LogP contribution < -0.4 is 21.9 Å². The van der Waals surface area contributed by atoms with Gasteiger partial charge in [-0.25, -0.2) is 9.97 Å². The predicted molar refractivity (Wildman–Crippen MR) is 132 cm³/mol. The summed E-state index contributed by atoms with van der Waals surface area (Å²) >= 11 is 0. The molecule has 0 bridgehead atoms. The normalized spacial score (nSPS) is 12.4. The fraction of sp³-hybridized carbons (Fsp3) is 0.478. The fourth-order valence-electron chi connectivity index (χ4n) is 3.52. The first-order chi connectivity index (χ1) is 15.9. The molecule has 2 aromatic heterocycles. The highest BCUT2D eigenvalue weighted by Gasteiger charge is 2.14. The molecule has 0 aliphatic heterocycles. The molecule has 3 aromatic rings. The van der Waals surface area contributed by atoms with Crippen LogP contribution in [0.1, 0.15) is 39.5 Å². The van der Waals surface area contributed by atoms with E-state index in [0.29, 0.717) is 23.5 Å². The number of ether oxygens (including phenoxy) is 1. The second kappa shape index (κ2) is 11.6. The minimum Gasteiger partial charge on any atom is -0.491 e. The van der Waals surface area contributed by atoms with Gasteiger partial charge in [0.05, 0.1) is 0 Å². The first-order valence-corrected chi connectivity index (χ1v) is 11.4. The van der Waals surface area contributed by atoms with Crippen LogP contribution in [0, 0.1) is 0 Å². The highest BCUT2D eigenvalue weighted by Crippen LogP contribution is 2.27. The van der Waals surface area contributed by atoms with Crippen molar-refractivity contribution in [1.82, 2.24) is 24.8 Å². The summed E-state index contributed by atoms with van der Waals surface area (Å²) in [5.41, 5.74) is 19.4. The Labute approximate surface area is 194 Å². The molecule has 0 fully saturated rings. The van der Waals surface area contributed by atoms with Crippen LogP contribution in [0.15, 0.2) is 24.3 Å². The summed E-state index contributed by atoms with van der Waals surface area (Å²) in [6, 6.07) is 7.28. The van der Waals surface area contributed by atoms with E-state index < -0.39 is 6.10 Å². The van der Waals surface area contributed by atoms with Crippen LogP contribution in [-0.4, -0.2) is 62.3 Å². The van der Waals surface area contributed by atoms with Crippen molar-refractivity contribution in [1.29, 1.82) is 0 Å². The number of rotatable bonds is 12. The van der Waals surface area contributed by atoms with E-state index in [4.69, 9.17) is 21.9 Å². The number of unbranched alkanes of at least 4 members (excludes halogenated alkanes) is 2. The summed E-state index contributed by atoms with van der Waals surface area (Å²) in [5, 5.41) is 10.5. The molecule has 2 heterocycles. The molecule has 1 atom stereocenters. The number of nitrogens with zero attached hydrogens (tertiary/aromatic N) is 5. The third kappa shape index (κ3) is 6.62. The van der Waals surface area contributed by atoms with Crippen LogP contribution >= 0.6 is 0 Å². The smallest absolute Gasteiger partial charge is 0.224 e. The van der Waals surface area contributed by atoms with Crippen molar-refractivity contribution >= 4 is 28.7 Å². The van der Waals surface area contributed by atoms with Crippen molar-refractivity contribution in [2.45, 2.75) is 45.6 Å². The van der Waals surface area contributed by atoms with Crippen LogP contribution in [-0.2, 0) is 0 Å². The average Bonchev–Trinajstić information content (AvgIpc) is 2.79. The van der Waals surface area contributed by atoms with Crippen molar-refractivity contribution in [3.05, 3.63) is 24.3 Å². The Morgan fingerprint density at radius 2 is 1.58 bits per heavy atom. The summed E-state index contributed by atoms with van der Waals surface area (Å²) in [6.07, 6.45) is 3.98. The largest absolute Gasteiger partial charge is 0.491 e. The van der Waals surface area contributed by atoms with Gasteiger partial charge < -0.3 is 31.9 Å². The molecule has 178 valence electrons. The molecule has 1 aromatic carbocycles. The highest BCUT2D eigenvalue weighted by atomic mass is 16.5. The van der Waals surface area contributed by atoms with Gasteiger partial charge in [-0.2, -0.15) is 9.97 Å². The number of hydrogen-bond donors (Lipinski definition) is 4. The second-order valence-electron chi connectivity index (χ2n) is 8.09. The second-order valence-corrected chi connectivity index (χ2v) is 8.09. The molecule has 0 aliphatic rings. The molecule has 0 saturated heterocycles. The number of fused-ring (bicyclic) bond motifs is 1. The molecular weight excluding hydrogens is 420 g/mol. The van der Waals surface area contributed by atoms with E-state index in [1.807, 2.05) is 24.3 Å². The van der Waals surface area contributed by atoms with E-state index in [-0.39, 0.29) is 29.8 Å². The van der Waals surface area contributed by atoms with Gasteiger partial charge in [0.2, 0.25) is 5.95 Å². The molecule has 10 nitrogen and oxygen atoms in total. The first-order valence-electron chi connectivity index (χ1n) is 11.4. The fourth-order valence-corrected chi connectivity index (χ4v) is 3.52. The molecule has 7 N–H and O–H groups in total. The lowest BCUT2D eigenvalue weighted by Gasteiger charge is -2.25. The summed E-state index contributed by atoms with van der Waals surface area (Å²) in [7, 11) is 0. The minimum absolute atomic E-state index is 0.0176. The van der Waals surface area contributed by atoms with Crippen molar-refractivity contribution in [2.24, 2.45) is 0 Å². The molecule has 0 spiro atoms. The molecular formula is C23H34N8O2. The molecule has 1 unspecified atom stereocenters. The van der Waals surface area contributed by atoms with E-state index >= 15 is 0 Å². The zero-order valence-electron chi connectivity index (χ0n) is 19.4. The predicted octanol–water partition coefficient (Wildman–Crippen LogP) is 2.48. The van der Waals surface area contributed by atoms with Crippen molar-refractivity contribution < 1.29 is 9.84 Å². The Morgan fingerprint density at radius 1 is 0.909 bits per heavy atom. The third-order valence-corrected chi connectivity index (χ3v) is 5.30. The number of benzene rings is 1. The van der Waals surface area contributed by atoms with Crippen molar-refractivity contribution in [3.8, 4) is 17.0 Å². The van der Waals surface area contributed by atoms with Crippen LogP contribution in [0.4, 0.5) is 17.6 Å². The quantitative estimate of drug-likeness (QED) is 0.320. The summed E-state index contributed by atoms with van der Waals surface area (Å²) in [6.45, 7) is 7.18. The Morgan fingerprint density at radius 3 is 2.21 bits per heavy atom. The van der Waals surface area contributed by atoms with E-state index in [0.717, 1.165) is 44.3 Å². The zero-order chi connectivity index (χ0) is 23.8. The molecule has 0 aliphatic carbocycles. The topological polar surface area (TPSA) is 162 Å². The lowest BCUT2D eigenvalue weighted by atomic mass is 10.1. The van der Waals surface area contributed by atoms with Crippen LogP contribution in [0.2, 0.25) is 0 Å². The molecule has 0 amide bonds. The van der Waals surface area contributed by atoms with E-state index in [1.54, 1.807) is 0 Å². The van der Waals surface area contributed by atoms with Gasteiger partial charge in [0.1, 0.15) is 24.2 Å². The van der Waals surface area contributed by atoms with E-state index in [9.17, 15) is 5.11 Å². The Kier molecular flexibility index (Phi) is 8.56. The minimum atomic E-state index is -0.559. The zero-order valence-corrected chi connectivity index (χ0v) is 19.4. The average molecular weight is 455 g/mol. The number of hydrogen-bond acceptors (Lipinski definition) is 10. The number of aromatic nitrogens is 4. The highest BCUT2D eigenvalue weighted by molar-refractivity contribution is 5.87. The van der Waals surface area contributed by atoms with Crippen molar-refractivity contribution in [3.63, 3.8) is 0 Å².